The summed E-state index contributed by atoms with van der Waals surface area (Å²) in [4.78, 5) is 0. The molecular weight excluding hydrogens is 543 g/mol. The van der Waals surface area contributed by atoms with Gasteiger partial charge in [-0.2, -0.15) is 0 Å². The molecular formula is C25H59NO9Si3. The van der Waals surface area contributed by atoms with Gasteiger partial charge >= 0.3 is 26.4 Å². The van der Waals surface area contributed by atoms with Crippen molar-refractivity contribution in [3.8, 4) is 0 Å². The first-order valence-corrected chi connectivity index (χ1v) is 19.5. The summed E-state index contributed by atoms with van der Waals surface area (Å²) >= 11 is 0. The smallest absolute Gasteiger partial charge is 0.374 e. The van der Waals surface area contributed by atoms with Crippen LogP contribution in [0.1, 0.15) is 68.7 Å². The highest BCUT2D eigenvalue weighted by atomic mass is 28.4. The van der Waals surface area contributed by atoms with Crippen molar-refractivity contribution in [1.29, 1.82) is 0 Å². The fraction of sp³-hybridized carbons (Fsp3) is 0.840. The molecule has 0 aromatic carbocycles. The molecule has 0 rings (SSSR count). The lowest BCUT2D eigenvalue weighted by molar-refractivity contribution is 0.0709. The molecule has 0 radical (unpaired) electrons. The summed E-state index contributed by atoms with van der Waals surface area (Å²) in [5.41, 5.74) is 8.82. The molecule has 13 heteroatoms. The Kier molecular flexibility index (Phi) is 31.4. The van der Waals surface area contributed by atoms with E-state index in [9.17, 15) is 0 Å². The topological polar surface area (TPSA) is 109 Å². The van der Waals surface area contributed by atoms with Crippen molar-refractivity contribution in [3.05, 3.63) is 24.6 Å². The van der Waals surface area contributed by atoms with E-state index in [0.29, 0.717) is 66.0 Å². The second-order valence-corrected chi connectivity index (χ2v) is 14.8. The minimum absolute atomic E-state index is 0.595. The highest BCUT2D eigenvalue weighted by molar-refractivity contribution is 6.66. The highest BCUT2D eigenvalue weighted by Gasteiger charge is 2.39. The fourth-order valence-corrected chi connectivity index (χ4v) is 9.39. The third-order valence-electron chi connectivity index (χ3n) is 4.35. The first kappa shape index (κ1) is 42.2. The standard InChI is InChI=1S/C9H23NO3Si.2C8H18O3Si/c1-4-11-14(12-5-2,13-6-3)9-7-8-10;2*1-5-9-12(8-4,10-6-2)11-7-3/h4-10H2,1-3H3;2*8H,4-7H2,1-3H3. The van der Waals surface area contributed by atoms with Crippen LogP contribution in [0, 0.1) is 0 Å². The van der Waals surface area contributed by atoms with Gasteiger partial charge in [0.15, 0.2) is 0 Å². The monoisotopic (exact) mass is 601 g/mol. The summed E-state index contributed by atoms with van der Waals surface area (Å²) in [5.74, 6) is 0. The Hall–Kier alpha value is -0.269. The van der Waals surface area contributed by atoms with E-state index >= 15 is 0 Å². The molecule has 0 fully saturated rings. The molecule has 0 saturated heterocycles. The van der Waals surface area contributed by atoms with Crippen molar-refractivity contribution < 1.29 is 39.8 Å². The van der Waals surface area contributed by atoms with E-state index in [-0.39, 0.29) is 0 Å². The quantitative estimate of drug-likeness (QED) is 0.162. The van der Waals surface area contributed by atoms with Crippen LogP contribution < -0.4 is 5.73 Å². The van der Waals surface area contributed by atoms with E-state index in [4.69, 9.17) is 45.6 Å². The largest absolute Gasteiger partial charge is 0.528 e. The number of hydrogen-bond donors (Lipinski definition) is 1. The molecule has 0 aromatic heterocycles. The number of nitrogens with two attached hydrogens (primary N) is 1. The summed E-state index contributed by atoms with van der Waals surface area (Å²) < 4.78 is 49.6. The van der Waals surface area contributed by atoms with E-state index in [2.05, 4.69) is 13.2 Å². The van der Waals surface area contributed by atoms with Crippen molar-refractivity contribution in [1.82, 2.24) is 0 Å². The van der Waals surface area contributed by atoms with Crippen molar-refractivity contribution in [3.63, 3.8) is 0 Å². The van der Waals surface area contributed by atoms with E-state index in [1.165, 1.54) is 0 Å². The molecule has 0 atom stereocenters. The van der Waals surface area contributed by atoms with Gasteiger partial charge in [0, 0.05) is 65.5 Å². The summed E-state index contributed by atoms with van der Waals surface area (Å²) in [7, 11) is -7.41. The van der Waals surface area contributed by atoms with Crippen molar-refractivity contribution >= 4 is 26.4 Å². The van der Waals surface area contributed by atoms with Crippen molar-refractivity contribution in [2.24, 2.45) is 5.73 Å². The SMILES string of the molecule is C=C[Si](OCC)(OCC)OCC.C=C[Si](OCC)(OCC)OCC.CCO[Si](CCCN)(OCC)OCC. The van der Waals surface area contributed by atoms with Gasteiger partial charge in [-0.05, 0) is 86.7 Å². The summed E-state index contributed by atoms with van der Waals surface area (Å²) in [5, 5.41) is 0. The molecule has 0 aromatic rings. The van der Waals surface area contributed by atoms with E-state index in [0.717, 1.165) is 12.5 Å². The van der Waals surface area contributed by atoms with Crippen LogP contribution in [0.2, 0.25) is 6.04 Å². The van der Waals surface area contributed by atoms with Gasteiger partial charge in [0.1, 0.15) is 0 Å². The van der Waals surface area contributed by atoms with E-state index in [1.807, 2.05) is 62.3 Å². The Morgan fingerprint density at radius 3 is 0.868 bits per heavy atom. The van der Waals surface area contributed by atoms with Crippen LogP contribution in [-0.2, 0) is 39.8 Å². The maximum absolute atomic E-state index is 5.65. The lowest BCUT2D eigenvalue weighted by Crippen LogP contribution is -2.46. The van der Waals surface area contributed by atoms with Crippen LogP contribution in [0.4, 0.5) is 0 Å². The van der Waals surface area contributed by atoms with Gasteiger partial charge in [0.2, 0.25) is 0 Å². The predicted octanol–water partition coefficient (Wildman–Crippen LogP) is 4.90. The predicted molar refractivity (Wildman–Crippen MR) is 161 cm³/mol. The van der Waals surface area contributed by atoms with Gasteiger partial charge in [0.05, 0.1) is 0 Å². The first-order valence-electron chi connectivity index (χ1n) is 14.0. The van der Waals surface area contributed by atoms with Gasteiger partial charge in [0.25, 0.3) is 0 Å². The Morgan fingerprint density at radius 1 is 0.474 bits per heavy atom. The molecule has 0 aliphatic rings. The lowest BCUT2D eigenvalue weighted by atomic mass is 10.5. The van der Waals surface area contributed by atoms with Crippen LogP contribution in [0.25, 0.3) is 0 Å². The van der Waals surface area contributed by atoms with Crippen LogP contribution in [0.15, 0.2) is 24.6 Å². The average Bonchev–Trinajstić information content (AvgIpc) is 2.89. The molecule has 10 nitrogen and oxygen atoms in total. The summed E-state index contributed by atoms with van der Waals surface area (Å²) in [6.45, 7) is 30.9. The first-order chi connectivity index (χ1) is 18.2. The Bertz CT molecular complexity index is 453. The summed E-state index contributed by atoms with van der Waals surface area (Å²) in [6.07, 6.45) is 0.895. The normalized spacial score (nSPS) is 11.7. The maximum Gasteiger partial charge on any atom is 0.528 e. The molecule has 38 heavy (non-hydrogen) atoms. The third kappa shape index (κ3) is 19.7. The summed E-state index contributed by atoms with van der Waals surface area (Å²) in [6, 6.07) is 0.818. The molecule has 0 bridgehead atoms. The Morgan fingerprint density at radius 2 is 0.711 bits per heavy atom. The van der Waals surface area contributed by atoms with E-state index in [1.54, 1.807) is 11.4 Å². The molecule has 2 N–H and O–H groups in total. The van der Waals surface area contributed by atoms with Crippen molar-refractivity contribution in [2.75, 3.05) is 66.0 Å². The zero-order chi connectivity index (χ0) is 29.8. The molecule has 0 spiro atoms. The van der Waals surface area contributed by atoms with Gasteiger partial charge in [-0.25, -0.2) is 0 Å². The molecule has 0 amide bonds. The average molecular weight is 602 g/mol. The van der Waals surface area contributed by atoms with Gasteiger partial charge in [-0.15, -0.1) is 0 Å². The van der Waals surface area contributed by atoms with Crippen LogP contribution in [-0.4, -0.2) is 92.4 Å². The van der Waals surface area contributed by atoms with Gasteiger partial charge in [-0.1, -0.05) is 13.2 Å². The highest BCUT2D eigenvalue weighted by Crippen LogP contribution is 2.17. The Balaban J connectivity index is -0.000000486. The van der Waals surface area contributed by atoms with Crippen LogP contribution in [0.3, 0.4) is 0 Å². The second-order valence-electron chi connectivity index (χ2n) is 7.09. The zero-order valence-corrected chi connectivity index (χ0v) is 28.8. The van der Waals surface area contributed by atoms with Crippen LogP contribution >= 0.6 is 0 Å². The maximum atomic E-state index is 5.65. The van der Waals surface area contributed by atoms with Gasteiger partial charge in [-0.3, -0.25) is 0 Å². The van der Waals surface area contributed by atoms with Crippen LogP contribution in [0.5, 0.6) is 0 Å². The van der Waals surface area contributed by atoms with Crippen molar-refractivity contribution in [2.45, 2.75) is 74.8 Å². The minimum atomic E-state index is -2.51. The second kappa shape index (κ2) is 28.3. The number of hydrogen-bond acceptors (Lipinski definition) is 10. The van der Waals surface area contributed by atoms with Gasteiger partial charge < -0.3 is 45.6 Å². The molecule has 0 aliphatic carbocycles. The molecule has 230 valence electrons. The molecule has 0 heterocycles. The number of rotatable bonds is 23. The molecule has 0 unspecified atom stereocenters. The lowest BCUT2D eigenvalue weighted by Gasteiger charge is -2.28. The third-order valence-corrected chi connectivity index (χ3v) is 12.7. The fourth-order valence-electron chi connectivity index (χ4n) is 3.13. The Labute approximate surface area is 237 Å². The minimum Gasteiger partial charge on any atom is -0.374 e. The van der Waals surface area contributed by atoms with E-state index < -0.39 is 26.4 Å². The zero-order valence-electron chi connectivity index (χ0n) is 25.8. The molecule has 0 saturated carbocycles. The molecule has 0 aliphatic heterocycles.